The van der Waals surface area contributed by atoms with Crippen LogP contribution < -0.4 is 0 Å². The first kappa shape index (κ1) is 12.8. The van der Waals surface area contributed by atoms with Crippen LogP contribution in [0.1, 0.15) is 19.4 Å². The molecule has 96 valence electrons. The van der Waals surface area contributed by atoms with Crippen molar-refractivity contribution in [3.63, 3.8) is 0 Å². The van der Waals surface area contributed by atoms with E-state index in [2.05, 4.69) is 0 Å². The highest BCUT2D eigenvalue weighted by molar-refractivity contribution is 7.90. The number of carbonyl (C=O) groups excluding carboxylic acids is 1. The van der Waals surface area contributed by atoms with E-state index >= 15 is 0 Å². The Balaban J connectivity index is 2.46. The number of cyclic esters (lactones) is 1. The molecule has 2 rings (SSSR count). The zero-order chi connectivity index (χ0) is 13.5. The van der Waals surface area contributed by atoms with Crippen molar-refractivity contribution < 1.29 is 17.9 Å². The predicted octanol–water partition coefficient (Wildman–Crippen LogP) is 1.81. The number of benzene rings is 1. The molecule has 18 heavy (non-hydrogen) atoms. The van der Waals surface area contributed by atoms with Gasteiger partial charge in [-0.25, -0.2) is 13.2 Å². The molecule has 5 heteroatoms. The van der Waals surface area contributed by atoms with Gasteiger partial charge in [0, 0.05) is 17.4 Å². The van der Waals surface area contributed by atoms with Crippen molar-refractivity contribution in [2.24, 2.45) is 0 Å². The lowest BCUT2D eigenvalue weighted by molar-refractivity contribution is -0.138. The SMILES string of the molecule is CC1=C(c2ccc(S(C)(=O)=O)cc2)C(C)OC1=O. The van der Waals surface area contributed by atoms with Gasteiger partial charge in [0.1, 0.15) is 6.10 Å². The number of hydrogen-bond donors (Lipinski definition) is 0. The van der Waals surface area contributed by atoms with Crippen molar-refractivity contribution in [2.45, 2.75) is 24.8 Å². The summed E-state index contributed by atoms with van der Waals surface area (Å²) in [4.78, 5) is 11.7. The Morgan fingerprint density at radius 1 is 1.17 bits per heavy atom. The molecule has 1 aromatic carbocycles. The second-order valence-electron chi connectivity index (χ2n) is 4.38. The molecule has 1 aliphatic heterocycles. The number of ether oxygens (including phenoxy) is 1. The summed E-state index contributed by atoms with van der Waals surface area (Å²) in [7, 11) is -3.20. The Morgan fingerprint density at radius 2 is 1.72 bits per heavy atom. The van der Waals surface area contributed by atoms with Crippen LogP contribution in [0.5, 0.6) is 0 Å². The first-order valence-corrected chi connectivity index (χ1v) is 7.42. The van der Waals surface area contributed by atoms with E-state index in [0.29, 0.717) is 5.57 Å². The molecular formula is C13H14O4S. The highest BCUT2D eigenvalue weighted by Crippen LogP contribution is 2.31. The Bertz CT molecular complexity index is 623. The quantitative estimate of drug-likeness (QED) is 0.766. The topological polar surface area (TPSA) is 60.4 Å². The molecule has 0 fully saturated rings. The second-order valence-corrected chi connectivity index (χ2v) is 6.40. The maximum atomic E-state index is 11.4. The molecule has 1 unspecified atom stereocenters. The average molecular weight is 266 g/mol. The first-order chi connectivity index (χ1) is 8.30. The Kier molecular flexibility index (Phi) is 3.02. The average Bonchev–Trinajstić information content (AvgIpc) is 2.52. The molecule has 1 aliphatic rings. The predicted molar refractivity (Wildman–Crippen MR) is 67.7 cm³/mol. The zero-order valence-electron chi connectivity index (χ0n) is 10.4. The van der Waals surface area contributed by atoms with Gasteiger partial charge in [-0.15, -0.1) is 0 Å². The van der Waals surface area contributed by atoms with E-state index in [1.165, 1.54) is 0 Å². The molecule has 0 aliphatic carbocycles. The maximum absolute atomic E-state index is 11.4. The van der Waals surface area contributed by atoms with Gasteiger partial charge in [0.25, 0.3) is 0 Å². The smallest absolute Gasteiger partial charge is 0.334 e. The molecule has 0 radical (unpaired) electrons. The van der Waals surface area contributed by atoms with Gasteiger partial charge in [-0.3, -0.25) is 0 Å². The third kappa shape index (κ3) is 2.18. The van der Waals surface area contributed by atoms with Crippen LogP contribution in [0.25, 0.3) is 5.57 Å². The van der Waals surface area contributed by atoms with Crippen LogP contribution in [0.2, 0.25) is 0 Å². The summed E-state index contributed by atoms with van der Waals surface area (Å²) < 4.78 is 27.8. The van der Waals surface area contributed by atoms with Gasteiger partial charge >= 0.3 is 5.97 Å². The molecule has 1 heterocycles. The number of sulfone groups is 1. The lowest BCUT2D eigenvalue weighted by Gasteiger charge is -2.09. The largest absolute Gasteiger partial charge is 0.454 e. The Labute approximate surface area is 106 Å². The number of carbonyl (C=O) groups is 1. The van der Waals surface area contributed by atoms with Crippen LogP contribution in [0.15, 0.2) is 34.7 Å². The van der Waals surface area contributed by atoms with E-state index < -0.39 is 9.84 Å². The van der Waals surface area contributed by atoms with Crippen LogP contribution in [-0.4, -0.2) is 26.7 Å². The fourth-order valence-electron chi connectivity index (χ4n) is 2.06. The minimum absolute atomic E-state index is 0.266. The Hall–Kier alpha value is -1.62. The van der Waals surface area contributed by atoms with Crippen LogP contribution in [-0.2, 0) is 19.4 Å². The van der Waals surface area contributed by atoms with Crippen LogP contribution in [0, 0.1) is 0 Å². The molecular weight excluding hydrogens is 252 g/mol. The summed E-state index contributed by atoms with van der Waals surface area (Å²) in [5, 5.41) is 0. The second kappa shape index (κ2) is 4.24. The minimum atomic E-state index is -3.20. The zero-order valence-corrected chi connectivity index (χ0v) is 11.2. The molecule has 0 aromatic heterocycles. The molecule has 0 N–H and O–H groups in total. The van der Waals surface area contributed by atoms with E-state index in [4.69, 9.17) is 4.74 Å². The highest BCUT2D eigenvalue weighted by Gasteiger charge is 2.28. The molecule has 0 spiro atoms. The van der Waals surface area contributed by atoms with E-state index in [-0.39, 0.29) is 17.0 Å². The molecule has 0 saturated carbocycles. The summed E-state index contributed by atoms with van der Waals surface area (Å²) in [6.07, 6.45) is 0.874. The van der Waals surface area contributed by atoms with Crippen LogP contribution in [0.3, 0.4) is 0 Å². The maximum Gasteiger partial charge on any atom is 0.334 e. The lowest BCUT2D eigenvalue weighted by atomic mass is 9.99. The third-order valence-electron chi connectivity index (χ3n) is 2.99. The number of esters is 1. The molecule has 0 saturated heterocycles. The summed E-state index contributed by atoms with van der Waals surface area (Å²) >= 11 is 0. The van der Waals surface area contributed by atoms with Crippen molar-refractivity contribution >= 4 is 21.4 Å². The molecule has 0 amide bonds. The minimum Gasteiger partial charge on any atom is -0.454 e. The monoisotopic (exact) mass is 266 g/mol. The number of hydrogen-bond acceptors (Lipinski definition) is 4. The fourth-order valence-corrected chi connectivity index (χ4v) is 2.69. The normalized spacial score (nSPS) is 20.2. The molecule has 1 aromatic rings. The van der Waals surface area contributed by atoms with Gasteiger partial charge in [0.05, 0.1) is 4.90 Å². The first-order valence-electron chi connectivity index (χ1n) is 5.53. The van der Waals surface area contributed by atoms with Crippen molar-refractivity contribution in [2.75, 3.05) is 6.26 Å². The Morgan fingerprint density at radius 3 is 2.11 bits per heavy atom. The van der Waals surface area contributed by atoms with Gasteiger partial charge in [-0.05, 0) is 31.5 Å². The molecule has 4 nitrogen and oxygen atoms in total. The van der Waals surface area contributed by atoms with Crippen LogP contribution in [0.4, 0.5) is 0 Å². The van der Waals surface area contributed by atoms with Gasteiger partial charge in [-0.2, -0.15) is 0 Å². The van der Waals surface area contributed by atoms with Crippen molar-refractivity contribution in [3.05, 3.63) is 35.4 Å². The third-order valence-corrected chi connectivity index (χ3v) is 4.12. The lowest BCUT2D eigenvalue weighted by Crippen LogP contribution is -2.05. The van der Waals surface area contributed by atoms with Crippen molar-refractivity contribution in [1.29, 1.82) is 0 Å². The van der Waals surface area contributed by atoms with Gasteiger partial charge in [0.2, 0.25) is 0 Å². The van der Waals surface area contributed by atoms with Crippen molar-refractivity contribution in [3.8, 4) is 0 Å². The van der Waals surface area contributed by atoms with Crippen molar-refractivity contribution in [1.82, 2.24) is 0 Å². The standard InChI is InChI=1S/C13H14O4S/c1-8-12(9(2)17-13(8)14)10-4-6-11(7-5-10)18(3,15)16/h4-7,9H,1-3H3. The highest BCUT2D eigenvalue weighted by atomic mass is 32.2. The van der Waals surface area contributed by atoms with E-state index in [0.717, 1.165) is 17.4 Å². The number of rotatable bonds is 2. The molecule has 1 atom stereocenters. The fraction of sp³-hybridized carbons (Fsp3) is 0.308. The summed E-state index contributed by atoms with van der Waals surface area (Å²) in [5.74, 6) is -0.315. The summed E-state index contributed by atoms with van der Waals surface area (Å²) in [5.41, 5.74) is 2.22. The van der Waals surface area contributed by atoms with Gasteiger partial charge in [0.15, 0.2) is 9.84 Å². The van der Waals surface area contributed by atoms with E-state index in [9.17, 15) is 13.2 Å². The molecule has 0 bridgehead atoms. The summed E-state index contributed by atoms with van der Waals surface area (Å²) in [6.45, 7) is 3.51. The van der Waals surface area contributed by atoms with E-state index in [1.54, 1.807) is 38.1 Å². The van der Waals surface area contributed by atoms with Gasteiger partial charge in [-0.1, -0.05) is 12.1 Å². The van der Waals surface area contributed by atoms with Crippen LogP contribution >= 0.6 is 0 Å². The summed E-state index contributed by atoms with van der Waals surface area (Å²) in [6, 6.07) is 6.49. The van der Waals surface area contributed by atoms with E-state index in [1.807, 2.05) is 0 Å². The van der Waals surface area contributed by atoms with Gasteiger partial charge < -0.3 is 4.74 Å².